The Morgan fingerprint density at radius 3 is 2.47 bits per heavy atom. The van der Waals surface area contributed by atoms with Crippen LogP contribution in [0.25, 0.3) is 0 Å². The summed E-state index contributed by atoms with van der Waals surface area (Å²) in [5, 5.41) is 3.47. The smallest absolute Gasteiger partial charge is 0.217 e. The molecule has 166 valence electrons. The van der Waals surface area contributed by atoms with E-state index in [2.05, 4.69) is 58.2 Å². The van der Waals surface area contributed by atoms with Crippen molar-refractivity contribution < 1.29 is 9.53 Å². The van der Waals surface area contributed by atoms with Gasteiger partial charge in [-0.3, -0.25) is 14.7 Å². The van der Waals surface area contributed by atoms with Gasteiger partial charge in [0.25, 0.3) is 0 Å². The lowest BCUT2D eigenvalue weighted by atomic mass is 9.95. The molecule has 0 spiro atoms. The van der Waals surface area contributed by atoms with Crippen molar-refractivity contribution in [2.75, 3.05) is 33.2 Å². The summed E-state index contributed by atoms with van der Waals surface area (Å²) in [5.74, 6) is 0.995. The van der Waals surface area contributed by atoms with Crippen LogP contribution in [0, 0.1) is 5.92 Å². The number of carbonyl (C=O) groups excluding carboxylic acids is 1. The Bertz CT molecular complexity index is 711. The number of nitrogens with zero attached hydrogens (tertiary/aromatic N) is 3. The van der Waals surface area contributed by atoms with E-state index < -0.39 is 0 Å². The van der Waals surface area contributed by atoms with Crippen molar-refractivity contribution in [3.05, 3.63) is 35.4 Å². The number of rotatable bonds is 6. The van der Waals surface area contributed by atoms with Crippen LogP contribution in [0.1, 0.15) is 44.2 Å². The first kappa shape index (κ1) is 22.6. The van der Waals surface area contributed by atoms with Gasteiger partial charge in [0.05, 0.1) is 12.2 Å². The molecule has 7 nitrogen and oxygen atoms in total. The summed E-state index contributed by atoms with van der Waals surface area (Å²) in [4.78, 5) is 20.4. The summed E-state index contributed by atoms with van der Waals surface area (Å²) in [7, 11) is 1.81. The first-order valence-corrected chi connectivity index (χ1v) is 11.1. The molecule has 3 rings (SSSR count). The zero-order chi connectivity index (χ0) is 21.5. The van der Waals surface area contributed by atoms with Gasteiger partial charge in [0, 0.05) is 52.7 Å². The van der Waals surface area contributed by atoms with Crippen LogP contribution in [0.5, 0.6) is 0 Å². The van der Waals surface area contributed by atoms with Crippen molar-refractivity contribution in [2.24, 2.45) is 16.6 Å². The number of carbonyl (C=O) groups is 1. The van der Waals surface area contributed by atoms with Crippen molar-refractivity contribution in [2.45, 2.75) is 58.4 Å². The number of likely N-dealkylation sites (tertiary alicyclic amines) is 1. The molecule has 30 heavy (non-hydrogen) atoms. The maximum absolute atomic E-state index is 11.3. The van der Waals surface area contributed by atoms with Crippen LogP contribution in [-0.2, 0) is 22.6 Å². The Hall–Kier alpha value is -2.12. The minimum atomic E-state index is -0.217. The van der Waals surface area contributed by atoms with Crippen LogP contribution in [-0.4, -0.2) is 67.1 Å². The van der Waals surface area contributed by atoms with Crippen molar-refractivity contribution in [1.29, 1.82) is 0 Å². The lowest BCUT2D eigenvalue weighted by Gasteiger charge is -2.35. The Kier molecular flexibility index (Phi) is 8.10. The number of morpholine rings is 1. The topological polar surface area (TPSA) is 83.2 Å². The summed E-state index contributed by atoms with van der Waals surface area (Å²) < 4.78 is 5.83. The molecule has 1 aromatic rings. The molecule has 2 saturated heterocycles. The van der Waals surface area contributed by atoms with Gasteiger partial charge in [-0.05, 0) is 43.7 Å². The Labute approximate surface area is 180 Å². The molecule has 0 saturated carbocycles. The molecular weight excluding hydrogens is 378 g/mol. The largest absolute Gasteiger partial charge is 0.373 e. The van der Waals surface area contributed by atoms with E-state index in [0.29, 0.717) is 24.5 Å². The Morgan fingerprint density at radius 1 is 1.17 bits per heavy atom. The Balaban J connectivity index is 1.49. The average molecular weight is 416 g/mol. The van der Waals surface area contributed by atoms with Crippen molar-refractivity contribution in [3.63, 3.8) is 0 Å². The first-order chi connectivity index (χ1) is 14.4. The minimum Gasteiger partial charge on any atom is -0.373 e. The highest BCUT2D eigenvalue weighted by Gasteiger charge is 2.24. The number of hydrogen-bond donors (Lipinski definition) is 2. The van der Waals surface area contributed by atoms with E-state index in [-0.39, 0.29) is 5.91 Å². The van der Waals surface area contributed by atoms with Gasteiger partial charge in [-0.25, -0.2) is 0 Å². The van der Waals surface area contributed by atoms with E-state index in [0.717, 1.165) is 58.1 Å². The predicted octanol–water partition coefficient (Wildman–Crippen LogP) is 1.96. The lowest BCUT2D eigenvalue weighted by molar-refractivity contribution is -0.119. The first-order valence-electron chi connectivity index (χ1n) is 11.1. The van der Waals surface area contributed by atoms with Gasteiger partial charge in [-0.2, -0.15) is 0 Å². The molecule has 3 atom stereocenters. The summed E-state index contributed by atoms with van der Waals surface area (Å²) in [6.07, 6.45) is 3.16. The second-order valence-electron chi connectivity index (χ2n) is 8.79. The molecule has 7 heteroatoms. The Morgan fingerprint density at radius 2 is 1.83 bits per heavy atom. The van der Waals surface area contributed by atoms with Crippen molar-refractivity contribution in [1.82, 2.24) is 15.1 Å². The highest BCUT2D eigenvalue weighted by Crippen LogP contribution is 2.19. The molecule has 0 bridgehead atoms. The third-order valence-electron chi connectivity index (χ3n) is 5.90. The third kappa shape index (κ3) is 6.71. The van der Waals surface area contributed by atoms with E-state index in [1.165, 1.54) is 11.1 Å². The molecule has 2 fully saturated rings. The quantitative estimate of drug-likeness (QED) is 0.548. The van der Waals surface area contributed by atoms with Crippen LogP contribution in [0.4, 0.5) is 0 Å². The van der Waals surface area contributed by atoms with Gasteiger partial charge in [-0.1, -0.05) is 24.3 Å². The van der Waals surface area contributed by atoms with Crippen LogP contribution in [0.2, 0.25) is 0 Å². The summed E-state index contributed by atoms with van der Waals surface area (Å²) in [6, 6.07) is 8.81. The molecule has 0 aromatic heterocycles. The van der Waals surface area contributed by atoms with Gasteiger partial charge in [-0.15, -0.1) is 0 Å². The predicted molar refractivity (Wildman–Crippen MR) is 120 cm³/mol. The van der Waals surface area contributed by atoms with Crippen LogP contribution in [0.3, 0.4) is 0 Å². The van der Waals surface area contributed by atoms with E-state index >= 15 is 0 Å². The van der Waals surface area contributed by atoms with E-state index in [1.54, 1.807) is 0 Å². The molecule has 3 unspecified atom stereocenters. The van der Waals surface area contributed by atoms with Gasteiger partial charge >= 0.3 is 0 Å². The molecule has 2 aliphatic rings. The second-order valence-corrected chi connectivity index (χ2v) is 8.79. The van der Waals surface area contributed by atoms with Crippen LogP contribution in [0.15, 0.2) is 29.3 Å². The molecule has 2 aliphatic heterocycles. The van der Waals surface area contributed by atoms with Crippen LogP contribution < -0.4 is 11.1 Å². The number of amides is 1. The normalized spacial score (nSPS) is 25.9. The third-order valence-corrected chi connectivity index (χ3v) is 5.90. The highest BCUT2D eigenvalue weighted by molar-refractivity contribution is 5.80. The molecular formula is C23H37N5O2. The summed E-state index contributed by atoms with van der Waals surface area (Å²) >= 11 is 0. The lowest BCUT2D eigenvalue weighted by Crippen LogP contribution is -2.46. The molecule has 0 aliphatic carbocycles. The average Bonchev–Trinajstić information content (AvgIpc) is 2.69. The number of aliphatic imine (C=N–C) groups is 1. The number of hydrogen-bond acceptors (Lipinski definition) is 4. The minimum absolute atomic E-state index is 0.217. The van der Waals surface area contributed by atoms with Crippen molar-refractivity contribution in [3.8, 4) is 0 Å². The van der Waals surface area contributed by atoms with Gasteiger partial charge < -0.3 is 20.7 Å². The standard InChI is InChI=1S/C23H37N5O2/c1-17-13-27(14-18(2)30-17)15-20-8-6-19(7-9-20)12-26-23(25-3)28-10-4-5-21(16-28)11-22(24)29/h6-9,17-18,21H,4-5,10-16H2,1-3H3,(H2,24,29)(H,25,26). The number of primary amides is 1. The van der Waals surface area contributed by atoms with E-state index in [9.17, 15) is 4.79 Å². The monoisotopic (exact) mass is 415 g/mol. The van der Waals surface area contributed by atoms with E-state index in [1.807, 2.05) is 7.05 Å². The number of guanidine groups is 1. The summed E-state index contributed by atoms with van der Waals surface area (Å²) in [5.41, 5.74) is 7.94. The van der Waals surface area contributed by atoms with Crippen LogP contribution >= 0.6 is 0 Å². The molecule has 3 N–H and O–H groups in total. The number of piperidine rings is 1. The van der Waals surface area contributed by atoms with E-state index in [4.69, 9.17) is 10.5 Å². The second kappa shape index (κ2) is 10.8. The fraction of sp³-hybridized carbons (Fsp3) is 0.652. The van der Waals surface area contributed by atoms with Gasteiger partial charge in [0.1, 0.15) is 0 Å². The number of ether oxygens (including phenoxy) is 1. The fourth-order valence-corrected chi connectivity index (χ4v) is 4.66. The van der Waals surface area contributed by atoms with Gasteiger partial charge in [0.2, 0.25) is 5.91 Å². The summed E-state index contributed by atoms with van der Waals surface area (Å²) in [6.45, 7) is 9.73. The maximum Gasteiger partial charge on any atom is 0.217 e. The number of benzene rings is 1. The van der Waals surface area contributed by atoms with Gasteiger partial charge in [0.15, 0.2) is 5.96 Å². The number of nitrogens with one attached hydrogen (secondary N) is 1. The molecule has 0 radical (unpaired) electrons. The zero-order valence-electron chi connectivity index (χ0n) is 18.6. The fourth-order valence-electron chi connectivity index (χ4n) is 4.66. The highest BCUT2D eigenvalue weighted by atomic mass is 16.5. The SMILES string of the molecule is CN=C(NCc1ccc(CN2CC(C)OC(C)C2)cc1)N1CCCC(CC(N)=O)C1. The van der Waals surface area contributed by atoms with Crippen molar-refractivity contribution >= 4 is 11.9 Å². The molecule has 1 aromatic carbocycles. The molecule has 2 heterocycles. The zero-order valence-corrected chi connectivity index (χ0v) is 18.6. The number of nitrogens with two attached hydrogens (primary N) is 1. The maximum atomic E-state index is 11.3. The molecule has 1 amide bonds.